The van der Waals surface area contributed by atoms with Crippen molar-refractivity contribution in [1.29, 1.82) is 0 Å². The molecule has 2 aromatic heterocycles. The summed E-state index contributed by atoms with van der Waals surface area (Å²) in [6.45, 7) is 12.6. The van der Waals surface area contributed by atoms with E-state index >= 15 is 0 Å². The molecule has 1 saturated heterocycles. The molecule has 4 rings (SSSR count). The molecule has 1 aliphatic carbocycles. The molecule has 0 bridgehead atoms. The number of unbranched alkanes of at least 4 members (excludes halogenated alkanes) is 1. The number of nitrogens with zero attached hydrogens (tertiary/aromatic N) is 3. The van der Waals surface area contributed by atoms with Crippen molar-refractivity contribution >= 4 is 0 Å². The van der Waals surface area contributed by atoms with Crippen LogP contribution in [0.15, 0.2) is 15.4 Å². The molecule has 0 radical (unpaired) electrons. The van der Waals surface area contributed by atoms with Crippen LogP contribution in [-0.4, -0.2) is 39.7 Å². The molecule has 0 unspecified atom stereocenters. The maximum Gasteiger partial charge on any atom is 0.259 e. The maximum atomic E-state index is 12.7. The van der Waals surface area contributed by atoms with E-state index in [1.54, 1.807) is 0 Å². The number of fused-ring (bicyclic) bond motifs is 1. The topological polar surface area (TPSA) is 75.0 Å². The summed E-state index contributed by atoms with van der Waals surface area (Å²) >= 11 is 0. The van der Waals surface area contributed by atoms with Gasteiger partial charge in [-0.2, -0.15) is 4.98 Å². The first kappa shape index (κ1) is 20.3. The Kier molecular flexibility index (Phi) is 5.40. The first-order valence-corrected chi connectivity index (χ1v) is 11.1. The van der Waals surface area contributed by atoms with E-state index in [-0.39, 0.29) is 16.4 Å². The van der Waals surface area contributed by atoms with E-state index < -0.39 is 0 Å². The monoisotopic (exact) mass is 398 g/mol. The summed E-state index contributed by atoms with van der Waals surface area (Å²) in [7, 11) is 0. The SMILES string of the molecule is CC1(C)Cc2[nH]c(=O)c(-c3noc(CCCCN4CCCC4)n3)cc2C(C)(C)C1. The zero-order chi connectivity index (χ0) is 20.6. The molecular weight excluding hydrogens is 364 g/mol. The predicted octanol–water partition coefficient (Wildman–Crippen LogP) is 4.09. The lowest BCUT2D eigenvalue weighted by atomic mass is 9.64. The van der Waals surface area contributed by atoms with Crippen molar-refractivity contribution in [2.45, 2.75) is 78.1 Å². The van der Waals surface area contributed by atoms with Gasteiger partial charge in [-0.3, -0.25) is 4.79 Å². The predicted molar refractivity (Wildman–Crippen MR) is 114 cm³/mol. The number of aryl methyl sites for hydroxylation is 1. The minimum atomic E-state index is -0.126. The lowest BCUT2D eigenvalue weighted by molar-refractivity contribution is 0.227. The molecule has 0 saturated carbocycles. The van der Waals surface area contributed by atoms with Crippen molar-refractivity contribution in [3.8, 4) is 11.4 Å². The van der Waals surface area contributed by atoms with Gasteiger partial charge in [0.25, 0.3) is 5.56 Å². The van der Waals surface area contributed by atoms with E-state index in [1.165, 1.54) is 31.5 Å². The van der Waals surface area contributed by atoms with Crippen molar-refractivity contribution in [3.05, 3.63) is 33.6 Å². The van der Waals surface area contributed by atoms with Crippen LogP contribution >= 0.6 is 0 Å². The lowest BCUT2D eigenvalue weighted by Crippen LogP contribution is -2.37. The Bertz CT molecular complexity index is 919. The van der Waals surface area contributed by atoms with Crippen LogP contribution in [0.5, 0.6) is 0 Å². The summed E-state index contributed by atoms with van der Waals surface area (Å²) in [5, 5.41) is 4.11. The lowest BCUT2D eigenvalue weighted by Gasteiger charge is -2.42. The summed E-state index contributed by atoms with van der Waals surface area (Å²) in [5.74, 6) is 1.03. The van der Waals surface area contributed by atoms with Gasteiger partial charge in [-0.05, 0) is 80.6 Å². The molecule has 2 aliphatic rings. The molecule has 0 atom stereocenters. The largest absolute Gasteiger partial charge is 0.339 e. The number of pyridine rings is 1. The summed E-state index contributed by atoms with van der Waals surface area (Å²) in [6.07, 6.45) is 7.56. The maximum absolute atomic E-state index is 12.7. The highest BCUT2D eigenvalue weighted by Gasteiger charge is 2.38. The van der Waals surface area contributed by atoms with Crippen LogP contribution in [0, 0.1) is 5.41 Å². The van der Waals surface area contributed by atoms with Gasteiger partial charge in [0, 0.05) is 12.1 Å². The van der Waals surface area contributed by atoms with Gasteiger partial charge in [-0.25, -0.2) is 0 Å². The van der Waals surface area contributed by atoms with Crippen molar-refractivity contribution in [1.82, 2.24) is 20.0 Å². The first-order chi connectivity index (χ1) is 13.7. The van der Waals surface area contributed by atoms with Crippen LogP contribution in [0.2, 0.25) is 0 Å². The van der Waals surface area contributed by atoms with Crippen molar-refractivity contribution < 1.29 is 4.52 Å². The molecule has 6 nitrogen and oxygen atoms in total. The number of hydrogen-bond donors (Lipinski definition) is 1. The summed E-state index contributed by atoms with van der Waals surface area (Å²) in [4.78, 5) is 22.9. The van der Waals surface area contributed by atoms with Gasteiger partial charge in [-0.15, -0.1) is 0 Å². The van der Waals surface area contributed by atoms with Gasteiger partial charge >= 0.3 is 0 Å². The highest BCUT2D eigenvalue weighted by molar-refractivity contribution is 5.56. The average molecular weight is 399 g/mol. The number of rotatable bonds is 6. The molecule has 2 aromatic rings. The highest BCUT2D eigenvalue weighted by atomic mass is 16.5. The van der Waals surface area contributed by atoms with Crippen LogP contribution in [0.1, 0.15) is 76.9 Å². The summed E-state index contributed by atoms with van der Waals surface area (Å²) in [6, 6.07) is 1.99. The molecular formula is C23H34N4O2. The number of hydrogen-bond acceptors (Lipinski definition) is 5. The number of aromatic nitrogens is 3. The molecule has 0 spiro atoms. The van der Waals surface area contributed by atoms with Crippen molar-refractivity contribution in [2.75, 3.05) is 19.6 Å². The number of aromatic amines is 1. The second-order valence-corrected chi connectivity index (χ2v) is 10.3. The Balaban J connectivity index is 1.47. The van der Waals surface area contributed by atoms with Crippen LogP contribution in [0.4, 0.5) is 0 Å². The third-order valence-corrected chi connectivity index (χ3v) is 6.45. The molecule has 6 heteroatoms. The van der Waals surface area contributed by atoms with Crippen LogP contribution in [0.25, 0.3) is 11.4 Å². The molecule has 0 amide bonds. The third-order valence-electron chi connectivity index (χ3n) is 6.45. The fraction of sp³-hybridized carbons (Fsp3) is 0.696. The summed E-state index contributed by atoms with van der Waals surface area (Å²) in [5.41, 5.74) is 2.81. The Hall–Kier alpha value is -1.95. The van der Waals surface area contributed by atoms with Crippen LogP contribution < -0.4 is 5.56 Å². The smallest absolute Gasteiger partial charge is 0.259 e. The molecule has 0 aromatic carbocycles. The normalized spacial score (nSPS) is 20.7. The summed E-state index contributed by atoms with van der Waals surface area (Å²) < 4.78 is 5.45. The van der Waals surface area contributed by atoms with E-state index in [9.17, 15) is 4.79 Å². The van der Waals surface area contributed by atoms with Gasteiger partial charge in [0.2, 0.25) is 11.7 Å². The first-order valence-electron chi connectivity index (χ1n) is 11.1. The van der Waals surface area contributed by atoms with E-state index in [4.69, 9.17) is 4.52 Å². The molecule has 158 valence electrons. The van der Waals surface area contributed by atoms with Gasteiger partial charge in [0.05, 0.1) is 5.56 Å². The van der Waals surface area contributed by atoms with E-state index in [0.717, 1.165) is 44.3 Å². The number of likely N-dealkylation sites (tertiary alicyclic amines) is 1. The Morgan fingerprint density at radius 3 is 2.69 bits per heavy atom. The average Bonchev–Trinajstić information content (AvgIpc) is 3.28. The fourth-order valence-corrected chi connectivity index (χ4v) is 5.39. The van der Waals surface area contributed by atoms with Crippen LogP contribution in [-0.2, 0) is 18.3 Å². The molecule has 1 N–H and O–H groups in total. The number of H-pyrrole nitrogens is 1. The quantitative estimate of drug-likeness (QED) is 0.742. The van der Waals surface area contributed by atoms with Crippen LogP contribution in [0.3, 0.4) is 0 Å². The standard InChI is InChI=1S/C23H34N4O2/c1-22(2)14-18-17(23(3,4)15-22)13-16(21(28)24-18)20-25-19(29-26-20)9-5-6-10-27-11-7-8-12-27/h13H,5-12,14-15H2,1-4H3,(H,24,28). The fourth-order valence-electron chi connectivity index (χ4n) is 5.39. The third kappa shape index (κ3) is 4.47. The van der Waals surface area contributed by atoms with E-state index in [0.29, 0.717) is 17.3 Å². The second-order valence-electron chi connectivity index (χ2n) is 10.3. The zero-order valence-electron chi connectivity index (χ0n) is 18.3. The van der Waals surface area contributed by atoms with E-state index in [1.807, 2.05) is 6.07 Å². The van der Waals surface area contributed by atoms with Gasteiger partial charge in [-0.1, -0.05) is 32.9 Å². The Morgan fingerprint density at radius 1 is 1.17 bits per heavy atom. The Labute approximate surface area is 173 Å². The molecule has 3 heterocycles. The highest BCUT2D eigenvalue weighted by Crippen LogP contribution is 2.45. The minimum absolute atomic E-state index is 0.00181. The Morgan fingerprint density at radius 2 is 1.93 bits per heavy atom. The van der Waals surface area contributed by atoms with Crippen molar-refractivity contribution in [2.24, 2.45) is 5.41 Å². The van der Waals surface area contributed by atoms with Gasteiger partial charge in [0.15, 0.2) is 0 Å². The minimum Gasteiger partial charge on any atom is -0.339 e. The second kappa shape index (κ2) is 7.71. The van der Waals surface area contributed by atoms with E-state index in [2.05, 4.69) is 47.7 Å². The van der Waals surface area contributed by atoms with Crippen molar-refractivity contribution in [3.63, 3.8) is 0 Å². The van der Waals surface area contributed by atoms with Gasteiger partial charge in [0.1, 0.15) is 0 Å². The number of nitrogens with one attached hydrogen (secondary N) is 1. The molecule has 1 fully saturated rings. The van der Waals surface area contributed by atoms with Gasteiger partial charge < -0.3 is 14.4 Å². The molecule has 29 heavy (non-hydrogen) atoms. The zero-order valence-corrected chi connectivity index (χ0v) is 18.3. The molecule has 1 aliphatic heterocycles.